The molecule has 0 radical (unpaired) electrons. The van der Waals surface area contributed by atoms with Crippen molar-refractivity contribution < 1.29 is 14.3 Å². The maximum absolute atomic E-state index is 12.1. The Morgan fingerprint density at radius 3 is 2.69 bits per heavy atom. The number of rotatable bonds is 9. The lowest BCUT2D eigenvalue weighted by atomic mass is 10.0. The molecular formula is C24H33ClN8O3. The normalized spacial score (nSPS) is 13.8. The van der Waals surface area contributed by atoms with E-state index in [1.54, 1.807) is 56.5 Å². The van der Waals surface area contributed by atoms with Crippen molar-refractivity contribution in [2.75, 3.05) is 13.1 Å². The largest absolute Gasteiger partial charge is 0.444 e. The molecule has 3 rings (SSSR count). The van der Waals surface area contributed by atoms with E-state index in [0.29, 0.717) is 18.1 Å². The Hall–Kier alpha value is -3.44. The summed E-state index contributed by atoms with van der Waals surface area (Å²) in [6, 6.07) is 3.61. The predicted molar refractivity (Wildman–Crippen MR) is 138 cm³/mol. The molecule has 12 heteroatoms. The standard InChI is InChI=1S/C24H33ClN8O3/c1-23(2,3)36-22(35)28-10-8-20(34)29-11-17-12-30-33(14-17)18-13-26-16-32(15-18)31-24(4,5)21-19(25)7-6-9-27-21/h6-7,9,12-14,16,31H,8,10-11,15H2,1-5H3,(H,28,35)(H,29,34). The summed E-state index contributed by atoms with van der Waals surface area (Å²) in [4.78, 5) is 32.5. The second-order valence-corrected chi connectivity index (χ2v) is 10.2. The lowest BCUT2D eigenvalue weighted by Crippen LogP contribution is -2.50. The van der Waals surface area contributed by atoms with Crippen molar-refractivity contribution >= 4 is 35.6 Å². The zero-order chi connectivity index (χ0) is 26.3. The van der Waals surface area contributed by atoms with E-state index in [0.717, 1.165) is 17.0 Å². The van der Waals surface area contributed by atoms with E-state index in [1.165, 1.54) is 0 Å². The number of carbonyl (C=O) groups excluding carboxylic acids is 2. The molecule has 0 aromatic carbocycles. The van der Waals surface area contributed by atoms with Gasteiger partial charge in [-0.3, -0.25) is 14.8 Å². The first-order valence-corrected chi connectivity index (χ1v) is 12.0. The number of nitrogens with zero attached hydrogens (tertiary/aromatic N) is 5. The van der Waals surface area contributed by atoms with Crippen LogP contribution in [0.3, 0.4) is 0 Å². The molecule has 2 aromatic heterocycles. The number of alkyl carbamates (subject to hydrolysis) is 1. The van der Waals surface area contributed by atoms with Gasteiger partial charge in [0, 0.05) is 37.5 Å². The van der Waals surface area contributed by atoms with Crippen LogP contribution in [0.2, 0.25) is 5.02 Å². The molecule has 3 N–H and O–H groups in total. The van der Waals surface area contributed by atoms with Crippen molar-refractivity contribution in [1.82, 2.24) is 35.8 Å². The molecule has 3 heterocycles. The molecule has 0 atom stereocenters. The highest BCUT2D eigenvalue weighted by Crippen LogP contribution is 2.26. The monoisotopic (exact) mass is 516 g/mol. The molecule has 194 valence electrons. The van der Waals surface area contributed by atoms with E-state index in [2.05, 4.69) is 31.1 Å². The number of hydrogen-bond donors (Lipinski definition) is 3. The second kappa shape index (κ2) is 11.5. The van der Waals surface area contributed by atoms with Gasteiger partial charge < -0.3 is 15.4 Å². The zero-order valence-corrected chi connectivity index (χ0v) is 22.0. The minimum absolute atomic E-state index is 0.143. The van der Waals surface area contributed by atoms with Gasteiger partial charge in [-0.05, 0) is 46.8 Å². The zero-order valence-electron chi connectivity index (χ0n) is 21.2. The van der Waals surface area contributed by atoms with Crippen LogP contribution in [0.25, 0.3) is 5.70 Å². The summed E-state index contributed by atoms with van der Waals surface area (Å²) in [7, 11) is 0. The molecule has 1 aliphatic rings. The second-order valence-electron chi connectivity index (χ2n) is 9.83. The number of nitrogens with one attached hydrogen (secondary N) is 3. The lowest BCUT2D eigenvalue weighted by Gasteiger charge is -2.34. The Balaban J connectivity index is 1.47. The van der Waals surface area contributed by atoms with Gasteiger partial charge in [0.05, 0.1) is 40.9 Å². The molecule has 2 amide bonds. The Labute approximate surface area is 215 Å². The summed E-state index contributed by atoms with van der Waals surface area (Å²) >= 11 is 6.34. The lowest BCUT2D eigenvalue weighted by molar-refractivity contribution is -0.121. The highest BCUT2D eigenvalue weighted by atomic mass is 35.5. The van der Waals surface area contributed by atoms with Crippen LogP contribution in [-0.4, -0.2) is 56.8 Å². The average molecular weight is 517 g/mol. The van der Waals surface area contributed by atoms with Crippen molar-refractivity contribution in [3.63, 3.8) is 0 Å². The summed E-state index contributed by atoms with van der Waals surface area (Å²) in [6.07, 6.45) is 8.26. The van der Waals surface area contributed by atoms with E-state index < -0.39 is 17.2 Å². The number of halogens is 1. The Kier molecular flexibility index (Phi) is 8.70. The Morgan fingerprint density at radius 2 is 1.97 bits per heavy atom. The molecule has 0 spiro atoms. The van der Waals surface area contributed by atoms with Crippen LogP contribution in [0.15, 0.2) is 41.9 Å². The highest BCUT2D eigenvalue weighted by Gasteiger charge is 2.27. The van der Waals surface area contributed by atoms with Crippen molar-refractivity contribution in [2.45, 2.75) is 58.7 Å². The van der Waals surface area contributed by atoms with Gasteiger partial charge in [-0.25, -0.2) is 19.9 Å². The summed E-state index contributed by atoms with van der Waals surface area (Å²) < 4.78 is 6.87. The van der Waals surface area contributed by atoms with Gasteiger partial charge in [0.1, 0.15) is 11.9 Å². The smallest absolute Gasteiger partial charge is 0.407 e. The third-order valence-electron chi connectivity index (χ3n) is 4.98. The summed E-state index contributed by atoms with van der Waals surface area (Å²) in [5.41, 5.74) is 4.68. The number of aromatic nitrogens is 3. The number of hydrogen-bond acceptors (Lipinski definition) is 8. The third kappa shape index (κ3) is 8.06. The maximum atomic E-state index is 12.1. The topological polar surface area (TPSA) is 126 Å². The van der Waals surface area contributed by atoms with E-state index in [4.69, 9.17) is 16.3 Å². The van der Waals surface area contributed by atoms with Crippen LogP contribution in [-0.2, 0) is 21.6 Å². The van der Waals surface area contributed by atoms with E-state index in [-0.39, 0.29) is 18.9 Å². The number of carbonyl (C=O) groups is 2. The van der Waals surface area contributed by atoms with Crippen LogP contribution in [0.1, 0.15) is 52.3 Å². The van der Waals surface area contributed by atoms with Crippen molar-refractivity contribution in [3.8, 4) is 0 Å². The van der Waals surface area contributed by atoms with Gasteiger partial charge >= 0.3 is 6.09 Å². The first-order chi connectivity index (χ1) is 16.9. The highest BCUT2D eigenvalue weighted by molar-refractivity contribution is 6.31. The minimum Gasteiger partial charge on any atom is -0.444 e. The van der Waals surface area contributed by atoms with Gasteiger partial charge in [0.15, 0.2) is 0 Å². The molecule has 36 heavy (non-hydrogen) atoms. The fourth-order valence-electron chi connectivity index (χ4n) is 3.40. The van der Waals surface area contributed by atoms with Crippen LogP contribution in [0.5, 0.6) is 0 Å². The molecule has 11 nitrogen and oxygen atoms in total. The number of ether oxygens (including phenoxy) is 1. The number of hydrazine groups is 1. The summed E-state index contributed by atoms with van der Waals surface area (Å²) in [6.45, 7) is 10.3. The number of pyridine rings is 1. The first-order valence-electron chi connectivity index (χ1n) is 11.6. The average Bonchev–Trinajstić information content (AvgIpc) is 3.26. The van der Waals surface area contributed by atoms with Crippen LogP contribution >= 0.6 is 11.6 Å². The number of aliphatic imine (C=N–C) groups is 1. The van der Waals surface area contributed by atoms with Gasteiger partial charge in [0.2, 0.25) is 5.91 Å². The van der Waals surface area contributed by atoms with Crippen molar-refractivity contribution in [3.05, 3.63) is 53.2 Å². The molecule has 0 fully saturated rings. The van der Waals surface area contributed by atoms with Gasteiger partial charge in [-0.2, -0.15) is 5.10 Å². The third-order valence-corrected chi connectivity index (χ3v) is 5.28. The van der Waals surface area contributed by atoms with Gasteiger partial charge in [0.25, 0.3) is 0 Å². The minimum atomic E-state index is -0.582. The molecule has 0 unspecified atom stereocenters. The molecule has 0 saturated heterocycles. The molecule has 0 bridgehead atoms. The molecule has 1 aliphatic heterocycles. The Morgan fingerprint density at radius 1 is 1.19 bits per heavy atom. The summed E-state index contributed by atoms with van der Waals surface area (Å²) in [5, 5.41) is 12.2. The predicted octanol–water partition coefficient (Wildman–Crippen LogP) is 3.04. The Bertz CT molecular complexity index is 1140. The first kappa shape index (κ1) is 27.2. The van der Waals surface area contributed by atoms with E-state index >= 15 is 0 Å². The maximum Gasteiger partial charge on any atom is 0.407 e. The van der Waals surface area contributed by atoms with E-state index in [9.17, 15) is 9.59 Å². The van der Waals surface area contributed by atoms with Crippen LogP contribution in [0.4, 0.5) is 4.79 Å². The van der Waals surface area contributed by atoms with Crippen LogP contribution in [0, 0.1) is 0 Å². The summed E-state index contributed by atoms with van der Waals surface area (Å²) in [5.74, 6) is -0.189. The number of amides is 2. The van der Waals surface area contributed by atoms with Crippen molar-refractivity contribution in [2.24, 2.45) is 4.99 Å². The van der Waals surface area contributed by atoms with Crippen LogP contribution < -0.4 is 16.1 Å². The van der Waals surface area contributed by atoms with Gasteiger partial charge in [-0.15, -0.1) is 0 Å². The SMILES string of the molecule is CC(C)(C)OC(=O)NCCC(=O)NCc1cnn(C2=CN=CN(NC(C)(C)c3ncccc3Cl)C2)c1. The van der Waals surface area contributed by atoms with E-state index in [1.807, 2.05) is 31.1 Å². The van der Waals surface area contributed by atoms with Gasteiger partial charge in [-0.1, -0.05) is 11.6 Å². The quantitative estimate of drug-likeness (QED) is 0.467. The molecule has 0 aliphatic carbocycles. The molecular weight excluding hydrogens is 484 g/mol. The molecule has 0 saturated carbocycles. The fourth-order valence-corrected chi connectivity index (χ4v) is 3.76. The fraction of sp³-hybridized carbons (Fsp3) is 0.458. The molecule has 2 aromatic rings. The van der Waals surface area contributed by atoms with Crippen molar-refractivity contribution in [1.29, 1.82) is 0 Å².